The van der Waals surface area contributed by atoms with Gasteiger partial charge in [0.15, 0.2) is 50.3 Å². The summed E-state index contributed by atoms with van der Waals surface area (Å²) in [4.78, 5) is 25.2. The SMILES string of the molecule is CC(=O)N[C@H]1[C@H](O[C@H]2[C@H](O)[C@@H](NC(C)=O)C(O)O[C@@H]2CO[C@@H]2O[C@@H](C)[C@@H](O)[C@@H](O)[C@@H]2O)O[C@H](CO)[C@@H](O[C@H]2O[C@H](CO[C@H]3O[C@H](CO[C@H]4O[C@H](CO)[C@@H](O)[C@H](O)[C@@H]4O)[C@@H](O)[C@H](O[C@H]4O[C@H](CO)[C@@H](O)[C@H](O)[C@@H]4O)[C@@H]3O)[C@@H](O)[C@H](O[C@H]3O[C@H](CO)[C@@H](O)[C@H](O)[C@@H]3O)[C@@H]2O)[C@@H]1O. The van der Waals surface area contributed by atoms with Crippen LogP contribution < -0.4 is 10.6 Å². The normalized spacial score (nSPS) is 51.2. The minimum atomic E-state index is -2.39. The number of carbonyl (C=O) groups is 2. The zero-order valence-electron chi connectivity index (χ0n) is 50.3. The Bertz CT molecular complexity index is 2360. The number of nitrogens with one attached hydrogen (secondary N) is 2. The van der Waals surface area contributed by atoms with Crippen molar-refractivity contribution in [3.8, 4) is 0 Å². The van der Waals surface area contributed by atoms with E-state index in [2.05, 4.69) is 10.6 Å². The van der Waals surface area contributed by atoms with Crippen molar-refractivity contribution in [1.82, 2.24) is 10.6 Å². The van der Waals surface area contributed by atoms with Gasteiger partial charge in [-0.2, -0.15) is 0 Å². The quantitative estimate of drug-likeness (QED) is 0.0452. The molecule has 8 fully saturated rings. The zero-order valence-corrected chi connectivity index (χ0v) is 50.3. The van der Waals surface area contributed by atoms with Gasteiger partial charge >= 0.3 is 0 Å². The molecule has 8 heterocycles. The molecule has 1 unspecified atom stereocenters. The van der Waals surface area contributed by atoms with Crippen molar-refractivity contribution < 1.29 is 198 Å². The summed E-state index contributed by atoms with van der Waals surface area (Å²) in [7, 11) is 0. The topological polar surface area (TPSA) is 662 Å². The Labute approximate surface area is 532 Å². The minimum absolute atomic E-state index is 0.789. The monoisotopic (exact) mass is 1380 g/mol. The van der Waals surface area contributed by atoms with E-state index in [1.165, 1.54) is 6.92 Å². The van der Waals surface area contributed by atoms with E-state index in [1.807, 2.05) is 0 Å². The van der Waals surface area contributed by atoms with E-state index in [0.717, 1.165) is 13.8 Å². The highest BCUT2D eigenvalue weighted by molar-refractivity contribution is 5.73. The fourth-order valence-electron chi connectivity index (χ4n) is 11.9. The highest BCUT2D eigenvalue weighted by atomic mass is 16.8. The van der Waals surface area contributed by atoms with Gasteiger partial charge in [0, 0.05) is 13.8 Å². The Hall–Kier alpha value is -2.58. The van der Waals surface area contributed by atoms with Crippen LogP contribution >= 0.6 is 0 Å². The number of hydrogen-bond acceptors (Lipinski definition) is 40. The smallest absolute Gasteiger partial charge is 0.217 e. The Morgan fingerprint density at radius 3 is 1.06 bits per heavy atom. The van der Waals surface area contributed by atoms with Gasteiger partial charge in [-0.1, -0.05) is 0 Å². The highest BCUT2D eigenvalue weighted by Gasteiger charge is 2.59. The fourth-order valence-corrected chi connectivity index (χ4v) is 11.9. The van der Waals surface area contributed by atoms with Crippen molar-refractivity contribution in [2.75, 3.05) is 46.2 Å². The molecule has 2 amide bonds. The molecule has 0 aromatic carbocycles. The zero-order chi connectivity index (χ0) is 69.2. The van der Waals surface area contributed by atoms with E-state index >= 15 is 0 Å². The molecular weight excluding hydrogens is 1290 g/mol. The van der Waals surface area contributed by atoms with Crippen LogP contribution in [-0.4, -0.2) is 421 Å². The molecule has 25 N–H and O–H groups in total. The lowest BCUT2D eigenvalue weighted by Gasteiger charge is -2.50. The lowest BCUT2D eigenvalue weighted by Crippen LogP contribution is -2.70. The molecular formula is C52H88N2O40. The molecule has 0 spiro atoms. The van der Waals surface area contributed by atoms with E-state index in [4.69, 9.17) is 71.1 Å². The molecule has 8 aliphatic heterocycles. The van der Waals surface area contributed by atoms with Gasteiger partial charge in [0.1, 0.15) is 189 Å². The van der Waals surface area contributed by atoms with Crippen LogP contribution in [0.4, 0.5) is 0 Å². The summed E-state index contributed by atoms with van der Waals surface area (Å²) in [5.74, 6) is -1.71. The Balaban J connectivity index is 1.07. The third-order valence-electron chi connectivity index (χ3n) is 17.4. The molecule has 8 aliphatic rings. The molecule has 40 atom stereocenters. The first kappa shape index (κ1) is 77.2. The maximum atomic E-state index is 12.9. The van der Waals surface area contributed by atoms with Crippen LogP contribution in [0.1, 0.15) is 20.8 Å². The summed E-state index contributed by atoms with van der Waals surface area (Å²) in [6.07, 6.45) is -74.7. The number of carbonyl (C=O) groups excluding carboxylic acids is 2. The van der Waals surface area contributed by atoms with Gasteiger partial charge in [0.05, 0.1) is 52.4 Å². The summed E-state index contributed by atoms with van der Waals surface area (Å²) in [6, 6.07) is -3.58. The van der Waals surface area contributed by atoms with E-state index in [1.54, 1.807) is 0 Å². The maximum Gasteiger partial charge on any atom is 0.217 e. The van der Waals surface area contributed by atoms with Crippen molar-refractivity contribution in [2.24, 2.45) is 0 Å². The minimum Gasteiger partial charge on any atom is -0.394 e. The molecule has 0 aromatic rings. The number of ether oxygens (including phenoxy) is 15. The molecule has 0 bridgehead atoms. The first-order chi connectivity index (χ1) is 44.4. The highest BCUT2D eigenvalue weighted by Crippen LogP contribution is 2.38. The summed E-state index contributed by atoms with van der Waals surface area (Å²) < 4.78 is 86.4. The molecule has 94 heavy (non-hydrogen) atoms. The number of amides is 2. The predicted octanol–water partition coefficient (Wildman–Crippen LogP) is -17.1. The maximum absolute atomic E-state index is 12.9. The van der Waals surface area contributed by atoms with Crippen LogP contribution in [0.5, 0.6) is 0 Å². The van der Waals surface area contributed by atoms with Gasteiger partial charge in [-0.3, -0.25) is 9.59 Å². The van der Waals surface area contributed by atoms with Gasteiger partial charge in [-0.15, -0.1) is 0 Å². The molecule has 42 heteroatoms. The molecule has 0 saturated carbocycles. The van der Waals surface area contributed by atoms with Crippen molar-refractivity contribution in [1.29, 1.82) is 0 Å². The number of rotatable bonds is 23. The van der Waals surface area contributed by atoms with E-state index in [0.29, 0.717) is 0 Å². The first-order valence-corrected chi connectivity index (χ1v) is 30.0. The lowest BCUT2D eigenvalue weighted by atomic mass is 9.93. The van der Waals surface area contributed by atoms with Gasteiger partial charge in [0.2, 0.25) is 11.8 Å². The fraction of sp³-hybridized carbons (Fsp3) is 0.962. The molecule has 0 aliphatic carbocycles. The Kier molecular flexibility index (Phi) is 27.3. The van der Waals surface area contributed by atoms with Crippen LogP contribution in [0.25, 0.3) is 0 Å². The second-order valence-electron chi connectivity index (χ2n) is 23.9. The molecule has 0 aromatic heterocycles. The summed E-state index contributed by atoms with van der Waals surface area (Å²) in [6.45, 7) is -3.53. The molecule has 546 valence electrons. The van der Waals surface area contributed by atoms with E-state index in [-0.39, 0.29) is 0 Å². The van der Waals surface area contributed by atoms with Gasteiger partial charge in [-0.25, -0.2) is 0 Å². The molecule has 42 nitrogen and oxygen atoms in total. The van der Waals surface area contributed by atoms with E-state index < -0.39 is 304 Å². The molecule has 8 saturated heterocycles. The van der Waals surface area contributed by atoms with Crippen LogP contribution in [0.15, 0.2) is 0 Å². The van der Waals surface area contributed by atoms with E-state index in [9.17, 15) is 127 Å². The van der Waals surface area contributed by atoms with Crippen LogP contribution in [0.3, 0.4) is 0 Å². The third-order valence-corrected chi connectivity index (χ3v) is 17.4. The van der Waals surface area contributed by atoms with Crippen molar-refractivity contribution >= 4 is 11.8 Å². The predicted molar refractivity (Wildman–Crippen MR) is 286 cm³/mol. The Morgan fingerprint density at radius 2 is 0.606 bits per heavy atom. The molecule has 0 radical (unpaired) electrons. The largest absolute Gasteiger partial charge is 0.394 e. The van der Waals surface area contributed by atoms with Gasteiger partial charge in [-0.05, 0) is 6.92 Å². The number of aliphatic hydroxyl groups is 23. The van der Waals surface area contributed by atoms with Crippen LogP contribution in [0.2, 0.25) is 0 Å². The summed E-state index contributed by atoms with van der Waals surface area (Å²) in [5.41, 5.74) is 0. The summed E-state index contributed by atoms with van der Waals surface area (Å²) in [5, 5.41) is 255. The lowest BCUT2D eigenvalue weighted by molar-refractivity contribution is -0.388. The standard InChI is InChI=1S/C52H88N2O40/c1-11-23(61)31(69)35(73)47(83-11)82-10-20-42(29(67)21(45(79)84-20)53-12(2)59)91-46-22(54-13(3)60)30(68)41(17(7-58)88-46)92-52-40(78)44(94-51-38(76)34(72)26(64)16(6-57)87-51)28(66)19(90-52)9-81-49-39(77)43(93-50-37(75)33(71)25(63)15(5-56)86-50)27(65)18(89-49)8-80-48-36(74)32(70)24(62)14(4-55)85-48/h11,14-52,55-58,61-79H,4-10H2,1-3H3,(H,53,59)(H,54,60)/t11-,14+,15+,16+,17+,18+,19+,20+,21+,22+,23+,24+,25+,26+,27+,28+,29+,30+,31+,32-,33-,34-,35-,36-,37-,38-,39-,40-,41+,42+,43-,44-,45?,46-,47+,48-,49-,50+,51+,52+/m0/s1. The second-order valence-corrected chi connectivity index (χ2v) is 23.9. The number of aliphatic hydroxyl groups excluding tert-OH is 23. The third kappa shape index (κ3) is 16.7. The van der Waals surface area contributed by atoms with Gasteiger partial charge < -0.3 is 199 Å². The number of hydrogen-bond donors (Lipinski definition) is 25. The second kappa shape index (κ2) is 33.3. The average Bonchev–Trinajstić information content (AvgIpc) is 0.778. The van der Waals surface area contributed by atoms with Crippen molar-refractivity contribution in [2.45, 2.75) is 266 Å². The van der Waals surface area contributed by atoms with Crippen molar-refractivity contribution in [3.05, 3.63) is 0 Å². The summed E-state index contributed by atoms with van der Waals surface area (Å²) >= 11 is 0. The van der Waals surface area contributed by atoms with Gasteiger partial charge in [0.25, 0.3) is 0 Å². The van der Waals surface area contributed by atoms with Crippen LogP contribution in [-0.2, 0) is 80.6 Å². The van der Waals surface area contributed by atoms with Crippen LogP contribution in [0, 0.1) is 0 Å². The Morgan fingerprint density at radius 1 is 0.298 bits per heavy atom. The first-order valence-electron chi connectivity index (χ1n) is 30.0. The average molecular weight is 1380 g/mol. The molecule has 8 rings (SSSR count). The van der Waals surface area contributed by atoms with Crippen molar-refractivity contribution in [3.63, 3.8) is 0 Å².